The molecular weight excluding hydrogens is 501 g/mol. The molecule has 0 aliphatic carbocycles. The fourth-order valence-corrected chi connectivity index (χ4v) is 3.99. The lowest BCUT2D eigenvalue weighted by Crippen LogP contribution is -2.11. The number of pyridine rings is 1. The smallest absolute Gasteiger partial charge is 0.247 e. The molecule has 0 saturated heterocycles. The Labute approximate surface area is 213 Å². The van der Waals surface area contributed by atoms with E-state index in [9.17, 15) is 9.18 Å². The van der Waals surface area contributed by atoms with Crippen LogP contribution in [0.15, 0.2) is 61.6 Å². The fraction of sp³-hybridized carbons (Fsp3) is 0.0769. The molecule has 12 heteroatoms. The van der Waals surface area contributed by atoms with Gasteiger partial charge in [0.25, 0.3) is 0 Å². The van der Waals surface area contributed by atoms with E-state index in [1.807, 2.05) is 0 Å². The van der Waals surface area contributed by atoms with Crippen LogP contribution < -0.4 is 20.1 Å². The molecule has 3 heterocycles. The minimum absolute atomic E-state index is 0.000127. The third-order valence-corrected chi connectivity index (χ3v) is 5.74. The summed E-state index contributed by atoms with van der Waals surface area (Å²) in [5, 5.41) is 5.71. The number of fused-ring (bicyclic) bond motifs is 3. The van der Waals surface area contributed by atoms with E-state index in [0.29, 0.717) is 11.0 Å². The number of para-hydroxylation sites is 1. The molecule has 0 aliphatic rings. The molecule has 192 valence electrons. The maximum Gasteiger partial charge on any atom is 0.247 e. The number of imidazole rings is 1. The summed E-state index contributed by atoms with van der Waals surface area (Å²) in [7, 11) is 2.52. The molecular formula is C26H19F3N6O3. The highest BCUT2D eigenvalue weighted by Crippen LogP contribution is 2.40. The second-order valence-electron chi connectivity index (χ2n) is 7.92. The van der Waals surface area contributed by atoms with E-state index >= 15 is 8.78 Å². The Bertz CT molecular complexity index is 1710. The number of amides is 1. The van der Waals surface area contributed by atoms with Crippen molar-refractivity contribution in [1.82, 2.24) is 19.4 Å². The van der Waals surface area contributed by atoms with Gasteiger partial charge in [-0.15, -0.1) is 0 Å². The topological polar surface area (TPSA) is 103 Å². The van der Waals surface area contributed by atoms with Gasteiger partial charge in [-0.2, -0.15) is 4.98 Å². The van der Waals surface area contributed by atoms with Crippen LogP contribution in [0.3, 0.4) is 0 Å². The predicted molar refractivity (Wildman–Crippen MR) is 135 cm³/mol. The quantitative estimate of drug-likeness (QED) is 0.283. The van der Waals surface area contributed by atoms with E-state index in [4.69, 9.17) is 9.47 Å². The summed E-state index contributed by atoms with van der Waals surface area (Å²) in [5.74, 6) is -3.45. The molecule has 9 nitrogen and oxygen atoms in total. The van der Waals surface area contributed by atoms with E-state index in [1.165, 1.54) is 55.3 Å². The molecule has 3 aromatic heterocycles. The molecule has 1 amide bonds. The molecule has 0 atom stereocenters. The minimum Gasteiger partial charge on any atom is -0.494 e. The number of halogens is 3. The van der Waals surface area contributed by atoms with Crippen molar-refractivity contribution in [2.45, 2.75) is 0 Å². The van der Waals surface area contributed by atoms with E-state index in [1.54, 1.807) is 6.20 Å². The molecule has 38 heavy (non-hydrogen) atoms. The van der Waals surface area contributed by atoms with Gasteiger partial charge >= 0.3 is 0 Å². The first-order valence-electron chi connectivity index (χ1n) is 11.1. The average Bonchev–Trinajstić information content (AvgIpc) is 3.41. The average molecular weight is 520 g/mol. The van der Waals surface area contributed by atoms with Crippen LogP contribution in [0.4, 0.5) is 30.5 Å². The Morgan fingerprint density at radius 2 is 1.79 bits per heavy atom. The second kappa shape index (κ2) is 9.73. The van der Waals surface area contributed by atoms with Crippen LogP contribution in [0.1, 0.15) is 0 Å². The molecule has 0 radical (unpaired) electrons. The molecule has 0 spiro atoms. The summed E-state index contributed by atoms with van der Waals surface area (Å²) in [4.78, 5) is 24.7. The number of methoxy groups -OCH3 is 2. The number of nitrogens with one attached hydrogen (secondary N) is 2. The number of carbonyl (C=O) groups excluding carboxylic acids is 1. The van der Waals surface area contributed by atoms with Crippen LogP contribution in [-0.4, -0.2) is 39.5 Å². The zero-order chi connectivity index (χ0) is 27.0. The van der Waals surface area contributed by atoms with Gasteiger partial charge in [-0.25, -0.2) is 23.1 Å². The van der Waals surface area contributed by atoms with E-state index in [0.717, 1.165) is 12.1 Å². The van der Waals surface area contributed by atoms with Gasteiger partial charge in [0, 0.05) is 35.6 Å². The Kier molecular flexibility index (Phi) is 6.29. The van der Waals surface area contributed by atoms with Crippen LogP contribution in [0, 0.1) is 17.5 Å². The van der Waals surface area contributed by atoms with Gasteiger partial charge in [0.1, 0.15) is 17.2 Å². The summed E-state index contributed by atoms with van der Waals surface area (Å²) < 4.78 is 56.9. The molecule has 0 bridgehead atoms. The standard InChI is InChI=1S/C26H19F3N6O3/c1-4-19(36)32-16-7-5-6-15(27)23(16)33-26-31-12-13-10-14(25-30-8-9-35(25)24(13)34-26)20-21(28)17(37-2)11-18(38-3)22(20)29/h4-12H,1H2,2-3H3,(H,32,36)(H,31,33,34). The Morgan fingerprint density at radius 1 is 1.05 bits per heavy atom. The number of aromatic nitrogens is 4. The van der Waals surface area contributed by atoms with Gasteiger partial charge in [-0.05, 0) is 24.3 Å². The molecule has 0 aliphatic heterocycles. The zero-order valence-corrected chi connectivity index (χ0v) is 20.1. The lowest BCUT2D eigenvalue weighted by Gasteiger charge is -2.15. The zero-order valence-electron chi connectivity index (χ0n) is 20.1. The third kappa shape index (κ3) is 4.11. The molecule has 5 rings (SSSR count). The highest BCUT2D eigenvalue weighted by Gasteiger charge is 2.25. The number of hydrogen-bond donors (Lipinski definition) is 2. The highest BCUT2D eigenvalue weighted by molar-refractivity contribution is 6.01. The van der Waals surface area contributed by atoms with E-state index in [-0.39, 0.29) is 40.0 Å². The SMILES string of the molecule is C=CC(=O)Nc1cccc(F)c1Nc1ncc2cc(-c3c(F)c(OC)cc(OC)c3F)c3nccn3c2n1. The number of ether oxygens (including phenoxy) is 2. The number of hydrogen-bond acceptors (Lipinski definition) is 7. The van der Waals surface area contributed by atoms with Crippen molar-refractivity contribution in [3.8, 4) is 22.6 Å². The largest absolute Gasteiger partial charge is 0.494 e. The molecule has 0 fully saturated rings. The van der Waals surface area contributed by atoms with Crippen LogP contribution in [-0.2, 0) is 4.79 Å². The Balaban J connectivity index is 1.66. The maximum atomic E-state index is 15.3. The van der Waals surface area contributed by atoms with Gasteiger partial charge in [0.15, 0.2) is 28.8 Å². The lowest BCUT2D eigenvalue weighted by molar-refractivity contribution is -0.111. The van der Waals surface area contributed by atoms with Gasteiger partial charge in [0.05, 0.1) is 25.5 Å². The van der Waals surface area contributed by atoms with Crippen molar-refractivity contribution in [2.75, 3.05) is 24.9 Å². The summed E-state index contributed by atoms with van der Waals surface area (Å²) in [6, 6.07) is 6.75. The van der Waals surface area contributed by atoms with Crippen molar-refractivity contribution in [3.05, 3.63) is 79.0 Å². The van der Waals surface area contributed by atoms with E-state index in [2.05, 4.69) is 32.2 Å². The highest BCUT2D eigenvalue weighted by atomic mass is 19.1. The van der Waals surface area contributed by atoms with Crippen molar-refractivity contribution in [3.63, 3.8) is 0 Å². The van der Waals surface area contributed by atoms with Crippen LogP contribution in [0.25, 0.3) is 27.8 Å². The van der Waals surface area contributed by atoms with Gasteiger partial charge in [-0.1, -0.05) is 12.6 Å². The summed E-state index contributed by atoms with van der Waals surface area (Å²) in [6.07, 6.45) is 5.46. The summed E-state index contributed by atoms with van der Waals surface area (Å²) in [5.41, 5.74) is 0.327. The van der Waals surface area contributed by atoms with Crippen molar-refractivity contribution in [2.24, 2.45) is 0 Å². The third-order valence-electron chi connectivity index (χ3n) is 5.74. The fourth-order valence-electron chi connectivity index (χ4n) is 3.99. The van der Waals surface area contributed by atoms with Crippen LogP contribution >= 0.6 is 0 Å². The summed E-state index contributed by atoms with van der Waals surface area (Å²) in [6.45, 7) is 3.39. The number of carbonyl (C=O) groups is 1. The Morgan fingerprint density at radius 3 is 2.47 bits per heavy atom. The lowest BCUT2D eigenvalue weighted by atomic mass is 10.0. The normalized spacial score (nSPS) is 11.0. The van der Waals surface area contributed by atoms with Gasteiger partial charge in [0.2, 0.25) is 11.9 Å². The molecule has 2 N–H and O–H groups in total. The monoisotopic (exact) mass is 520 g/mol. The van der Waals surface area contributed by atoms with Crippen molar-refractivity contribution in [1.29, 1.82) is 0 Å². The minimum atomic E-state index is -0.928. The first-order chi connectivity index (χ1) is 18.4. The van der Waals surface area contributed by atoms with Gasteiger partial charge in [-0.3, -0.25) is 9.20 Å². The molecule has 2 aromatic carbocycles. The second-order valence-corrected chi connectivity index (χ2v) is 7.92. The van der Waals surface area contributed by atoms with E-state index < -0.39 is 28.9 Å². The summed E-state index contributed by atoms with van der Waals surface area (Å²) >= 11 is 0. The maximum absolute atomic E-state index is 15.3. The van der Waals surface area contributed by atoms with Crippen LogP contribution in [0.2, 0.25) is 0 Å². The molecule has 0 unspecified atom stereocenters. The number of nitrogens with zero attached hydrogens (tertiary/aromatic N) is 4. The van der Waals surface area contributed by atoms with Crippen LogP contribution in [0.5, 0.6) is 11.5 Å². The molecule has 5 aromatic rings. The molecule has 0 saturated carbocycles. The van der Waals surface area contributed by atoms with Crippen molar-refractivity contribution < 1.29 is 27.4 Å². The first-order valence-corrected chi connectivity index (χ1v) is 11.1. The first kappa shape index (κ1) is 24.6. The Hall–Kier alpha value is -5.13. The number of rotatable bonds is 7. The van der Waals surface area contributed by atoms with Gasteiger partial charge < -0.3 is 20.1 Å². The number of benzene rings is 2. The predicted octanol–water partition coefficient (Wildman–Crippen LogP) is 5.25. The number of anilines is 3. The van der Waals surface area contributed by atoms with Crippen molar-refractivity contribution >= 4 is 39.9 Å².